The molecule has 0 rings (SSSR count). The van der Waals surface area contributed by atoms with Crippen LogP contribution >= 0.6 is 0 Å². The van der Waals surface area contributed by atoms with Crippen LogP contribution in [-0.4, -0.2) is 12.5 Å². The van der Waals surface area contributed by atoms with Crippen molar-refractivity contribution in [2.24, 2.45) is 5.92 Å². The van der Waals surface area contributed by atoms with Gasteiger partial charge in [-0.25, -0.2) is 0 Å². The molecule has 2 heteroatoms. The lowest BCUT2D eigenvalue weighted by atomic mass is 10.1. The van der Waals surface area contributed by atoms with E-state index in [4.69, 9.17) is 6.42 Å². The van der Waals surface area contributed by atoms with Gasteiger partial charge in [-0.1, -0.05) is 13.8 Å². The number of carbonyl (C=O) groups excluding carboxylic acids is 1. The number of nitrogens with one attached hydrogen (secondary N) is 1. The molecular weight excluding hydrogens is 174 g/mol. The molecule has 0 aliphatic heterocycles. The molecule has 0 bridgehead atoms. The van der Waals surface area contributed by atoms with Crippen LogP contribution in [0.4, 0.5) is 0 Å². The Morgan fingerprint density at radius 3 is 2.71 bits per heavy atom. The van der Waals surface area contributed by atoms with Crippen LogP contribution in [0.3, 0.4) is 0 Å². The van der Waals surface area contributed by atoms with Gasteiger partial charge in [-0.05, 0) is 25.2 Å². The summed E-state index contributed by atoms with van der Waals surface area (Å²) >= 11 is 0. The van der Waals surface area contributed by atoms with Crippen LogP contribution in [0.2, 0.25) is 0 Å². The van der Waals surface area contributed by atoms with E-state index in [1.807, 2.05) is 0 Å². The third-order valence-corrected chi connectivity index (χ3v) is 2.02. The molecule has 0 spiro atoms. The first-order chi connectivity index (χ1) is 6.66. The lowest BCUT2D eigenvalue weighted by Gasteiger charge is -2.05. The maximum Gasteiger partial charge on any atom is 0.220 e. The van der Waals surface area contributed by atoms with Crippen LogP contribution < -0.4 is 5.32 Å². The quantitative estimate of drug-likeness (QED) is 0.490. The Hall–Kier alpha value is -0.970. The van der Waals surface area contributed by atoms with Gasteiger partial charge in [-0.3, -0.25) is 4.79 Å². The van der Waals surface area contributed by atoms with Crippen molar-refractivity contribution >= 4 is 5.91 Å². The Balaban J connectivity index is 3.24. The molecule has 0 aliphatic rings. The predicted octanol–water partition coefficient (Wildman–Crippen LogP) is 2.34. The zero-order valence-corrected chi connectivity index (χ0v) is 9.31. The third-order valence-electron chi connectivity index (χ3n) is 2.02. The normalized spacial score (nSPS) is 9.86. The second-order valence-electron chi connectivity index (χ2n) is 3.94. The summed E-state index contributed by atoms with van der Waals surface area (Å²) in [5.74, 6) is 3.35. The number of rotatable bonds is 7. The van der Waals surface area contributed by atoms with Crippen LogP contribution in [0.25, 0.3) is 0 Å². The molecule has 80 valence electrons. The third kappa shape index (κ3) is 9.12. The molecule has 1 amide bonds. The van der Waals surface area contributed by atoms with E-state index in [0.29, 0.717) is 12.3 Å². The van der Waals surface area contributed by atoms with Crippen molar-refractivity contribution < 1.29 is 4.79 Å². The van der Waals surface area contributed by atoms with Gasteiger partial charge in [-0.2, -0.15) is 0 Å². The van der Waals surface area contributed by atoms with E-state index in [1.165, 1.54) is 0 Å². The number of hydrogen-bond donors (Lipinski definition) is 1. The molecule has 0 aliphatic carbocycles. The molecule has 0 aromatic rings. The largest absolute Gasteiger partial charge is 0.356 e. The Morgan fingerprint density at radius 1 is 1.43 bits per heavy atom. The smallest absolute Gasteiger partial charge is 0.220 e. The highest BCUT2D eigenvalue weighted by atomic mass is 16.1. The molecule has 1 N–H and O–H groups in total. The Labute approximate surface area is 87.5 Å². The van der Waals surface area contributed by atoms with Gasteiger partial charge in [0.15, 0.2) is 0 Å². The minimum atomic E-state index is 0.166. The van der Waals surface area contributed by atoms with E-state index in [1.54, 1.807) is 0 Å². The monoisotopic (exact) mass is 195 g/mol. The van der Waals surface area contributed by atoms with Crippen LogP contribution in [0.1, 0.15) is 46.0 Å². The first-order valence-electron chi connectivity index (χ1n) is 5.37. The van der Waals surface area contributed by atoms with Crippen LogP contribution in [-0.2, 0) is 4.79 Å². The Kier molecular flexibility index (Phi) is 8.02. The fourth-order valence-electron chi connectivity index (χ4n) is 1.09. The number of unbranched alkanes of at least 4 members (excludes halogenated alkanes) is 2. The second-order valence-corrected chi connectivity index (χ2v) is 3.94. The van der Waals surface area contributed by atoms with Crippen molar-refractivity contribution in [1.29, 1.82) is 0 Å². The second kappa shape index (κ2) is 8.62. The zero-order chi connectivity index (χ0) is 10.8. The molecule has 0 unspecified atom stereocenters. The van der Waals surface area contributed by atoms with Crippen molar-refractivity contribution in [2.45, 2.75) is 46.0 Å². The van der Waals surface area contributed by atoms with Gasteiger partial charge in [-0.15, -0.1) is 12.3 Å². The first kappa shape index (κ1) is 13.0. The highest BCUT2D eigenvalue weighted by Gasteiger charge is 2.01. The zero-order valence-electron chi connectivity index (χ0n) is 9.31. The molecule has 14 heavy (non-hydrogen) atoms. The fraction of sp³-hybridized carbons (Fsp3) is 0.750. The number of terminal acetylenes is 1. The average Bonchev–Trinajstić information content (AvgIpc) is 2.14. The van der Waals surface area contributed by atoms with Gasteiger partial charge >= 0.3 is 0 Å². The van der Waals surface area contributed by atoms with Crippen molar-refractivity contribution in [3.8, 4) is 12.3 Å². The van der Waals surface area contributed by atoms with E-state index < -0.39 is 0 Å². The molecule has 0 aromatic heterocycles. The highest BCUT2D eigenvalue weighted by Crippen LogP contribution is 2.02. The summed E-state index contributed by atoms with van der Waals surface area (Å²) in [6.45, 7) is 5.01. The van der Waals surface area contributed by atoms with Crippen molar-refractivity contribution in [3.63, 3.8) is 0 Å². The van der Waals surface area contributed by atoms with Gasteiger partial charge in [0.1, 0.15) is 0 Å². The van der Waals surface area contributed by atoms with Crippen LogP contribution in [0.15, 0.2) is 0 Å². The maximum atomic E-state index is 11.2. The SMILES string of the molecule is C#CCCCCNC(=O)CCC(C)C. The van der Waals surface area contributed by atoms with E-state index in [-0.39, 0.29) is 5.91 Å². The molecule has 0 atom stereocenters. The first-order valence-corrected chi connectivity index (χ1v) is 5.37. The van der Waals surface area contributed by atoms with Crippen molar-refractivity contribution in [1.82, 2.24) is 5.32 Å². The van der Waals surface area contributed by atoms with E-state index in [9.17, 15) is 4.79 Å². The number of carbonyl (C=O) groups is 1. The predicted molar refractivity (Wildman–Crippen MR) is 59.8 cm³/mol. The van der Waals surface area contributed by atoms with E-state index in [2.05, 4.69) is 25.1 Å². The lowest BCUT2D eigenvalue weighted by Crippen LogP contribution is -2.24. The van der Waals surface area contributed by atoms with Gasteiger partial charge in [0.25, 0.3) is 0 Å². The molecule has 0 heterocycles. The summed E-state index contributed by atoms with van der Waals surface area (Å²) < 4.78 is 0. The number of amides is 1. The van der Waals surface area contributed by atoms with Gasteiger partial charge in [0.05, 0.1) is 0 Å². The minimum Gasteiger partial charge on any atom is -0.356 e. The topological polar surface area (TPSA) is 29.1 Å². The summed E-state index contributed by atoms with van der Waals surface area (Å²) in [4.78, 5) is 11.2. The number of hydrogen-bond acceptors (Lipinski definition) is 1. The molecule has 2 nitrogen and oxygen atoms in total. The Bertz CT molecular complexity index is 191. The van der Waals surface area contributed by atoms with Gasteiger partial charge in [0.2, 0.25) is 5.91 Å². The summed E-state index contributed by atoms with van der Waals surface area (Å²) in [6, 6.07) is 0. The van der Waals surface area contributed by atoms with Crippen LogP contribution in [0.5, 0.6) is 0 Å². The summed E-state index contributed by atoms with van der Waals surface area (Å²) in [5.41, 5.74) is 0. The van der Waals surface area contributed by atoms with Gasteiger partial charge < -0.3 is 5.32 Å². The highest BCUT2D eigenvalue weighted by molar-refractivity contribution is 5.75. The molecule has 0 fully saturated rings. The van der Waals surface area contributed by atoms with Crippen LogP contribution in [0, 0.1) is 18.3 Å². The summed E-state index contributed by atoms with van der Waals surface area (Å²) in [6.07, 6.45) is 9.52. The van der Waals surface area contributed by atoms with Crippen molar-refractivity contribution in [3.05, 3.63) is 0 Å². The van der Waals surface area contributed by atoms with E-state index >= 15 is 0 Å². The Morgan fingerprint density at radius 2 is 2.14 bits per heavy atom. The molecule has 0 aromatic carbocycles. The maximum absolute atomic E-state index is 11.2. The molecule has 0 radical (unpaired) electrons. The lowest BCUT2D eigenvalue weighted by molar-refractivity contribution is -0.121. The van der Waals surface area contributed by atoms with Crippen molar-refractivity contribution in [2.75, 3.05) is 6.54 Å². The summed E-state index contributed by atoms with van der Waals surface area (Å²) in [7, 11) is 0. The molecule has 0 saturated heterocycles. The molecule has 0 saturated carbocycles. The molecular formula is C12H21NO. The fourth-order valence-corrected chi connectivity index (χ4v) is 1.09. The standard InChI is InChI=1S/C12H21NO/c1-4-5-6-7-10-13-12(14)9-8-11(2)3/h1,11H,5-10H2,2-3H3,(H,13,14). The average molecular weight is 195 g/mol. The minimum absolute atomic E-state index is 0.166. The van der Waals surface area contributed by atoms with E-state index in [0.717, 1.165) is 32.2 Å². The van der Waals surface area contributed by atoms with Gasteiger partial charge in [0, 0.05) is 19.4 Å². The summed E-state index contributed by atoms with van der Waals surface area (Å²) in [5, 5.41) is 2.89.